The molecule has 0 saturated carbocycles. The summed E-state index contributed by atoms with van der Waals surface area (Å²) in [5, 5.41) is 7.59. The van der Waals surface area contributed by atoms with Crippen LogP contribution in [0.4, 0.5) is 11.4 Å². The number of carbonyl (C=O) groups excluding carboxylic acids is 1. The molecule has 2 N–H and O–H groups in total. The number of rotatable bonds is 4. The highest BCUT2D eigenvalue weighted by Gasteiger charge is 2.20. The molecule has 1 amide bonds. The van der Waals surface area contributed by atoms with E-state index in [0.717, 1.165) is 59.7 Å². The number of pyridine rings is 1. The minimum absolute atomic E-state index is 0.0388. The van der Waals surface area contributed by atoms with Crippen molar-refractivity contribution in [3.8, 4) is 0 Å². The molecule has 146 valence electrons. The molecule has 1 aliphatic heterocycles. The minimum Gasteiger partial charge on any atom is -0.369 e. The molecule has 2 aromatic heterocycles. The molecular weight excluding hydrogens is 350 g/mol. The maximum atomic E-state index is 13.0. The van der Waals surface area contributed by atoms with Crippen LogP contribution >= 0.6 is 0 Å². The Morgan fingerprint density at radius 3 is 2.75 bits per heavy atom. The fourth-order valence-electron chi connectivity index (χ4n) is 3.77. The number of nitrogens with one attached hydrogen (secondary N) is 2. The van der Waals surface area contributed by atoms with Crippen molar-refractivity contribution >= 4 is 28.3 Å². The van der Waals surface area contributed by atoms with Crippen LogP contribution in [-0.4, -0.2) is 41.6 Å². The standard InChI is InChI=1S/C22H27N5O/c1-15-6-7-18(26-11-9-23-10-12-26)13-20(15)25-22(28)17(3)27-14-16(2)19-5-4-8-24-21(19)27/h4-8,13-14,17,23H,9-12H2,1-3H3,(H,25,28). The number of amides is 1. The Morgan fingerprint density at radius 1 is 1.18 bits per heavy atom. The Balaban J connectivity index is 1.57. The van der Waals surface area contributed by atoms with Crippen LogP contribution in [0.25, 0.3) is 11.0 Å². The van der Waals surface area contributed by atoms with Crippen LogP contribution in [0.2, 0.25) is 0 Å². The fourth-order valence-corrected chi connectivity index (χ4v) is 3.77. The average molecular weight is 377 g/mol. The number of hydrogen-bond acceptors (Lipinski definition) is 4. The molecular formula is C22H27N5O. The van der Waals surface area contributed by atoms with Crippen LogP contribution in [0, 0.1) is 13.8 Å². The summed E-state index contributed by atoms with van der Waals surface area (Å²) in [5.74, 6) is -0.0388. The van der Waals surface area contributed by atoms with Gasteiger partial charge in [0.25, 0.3) is 0 Å². The van der Waals surface area contributed by atoms with E-state index in [1.54, 1.807) is 6.20 Å². The zero-order valence-corrected chi connectivity index (χ0v) is 16.7. The van der Waals surface area contributed by atoms with Crippen LogP contribution in [-0.2, 0) is 4.79 Å². The first-order valence-electron chi connectivity index (χ1n) is 9.84. The zero-order valence-electron chi connectivity index (χ0n) is 16.7. The Bertz CT molecular complexity index is 1000. The lowest BCUT2D eigenvalue weighted by Crippen LogP contribution is -2.43. The van der Waals surface area contributed by atoms with E-state index in [1.807, 2.05) is 43.7 Å². The largest absolute Gasteiger partial charge is 0.369 e. The van der Waals surface area contributed by atoms with E-state index in [2.05, 4.69) is 38.7 Å². The molecule has 0 radical (unpaired) electrons. The topological polar surface area (TPSA) is 62.2 Å². The number of piperazine rings is 1. The Hall–Kier alpha value is -2.86. The smallest absolute Gasteiger partial charge is 0.247 e. The summed E-state index contributed by atoms with van der Waals surface area (Å²) < 4.78 is 1.95. The maximum Gasteiger partial charge on any atom is 0.247 e. The van der Waals surface area contributed by atoms with Gasteiger partial charge in [-0.1, -0.05) is 6.07 Å². The number of nitrogens with zero attached hydrogens (tertiary/aromatic N) is 3. The molecule has 1 atom stereocenters. The van der Waals surface area contributed by atoms with Crippen LogP contribution < -0.4 is 15.5 Å². The predicted octanol–water partition coefficient (Wildman–Crippen LogP) is 3.26. The molecule has 3 heterocycles. The van der Waals surface area contributed by atoms with Crippen molar-refractivity contribution in [2.24, 2.45) is 0 Å². The predicted molar refractivity (Wildman–Crippen MR) is 114 cm³/mol. The summed E-state index contributed by atoms with van der Waals surface area (Å²) in [5.41, 5.74) is 5.05. The molecule has 1 aromatic carbocycles. The van der Waals surface area contributed by atoms with Gasteiger partial charge in [-0.05, 0) is 56.2 Å². The lowest BCUT2D eigenvalue weighted by molar-refractivity contribution is -0.118. The second kappa shape index (κ2) is 7.64. The van der Waals surface area contributed by atoms with Crippen LogP contribution in [0.3, 0.4) is 0 Å². The van der Waals surface area contributed by atoms with Gasteiger partial charge < -0.3 is 20.1 Å². The lowest BCUT2D eigenvalue weighted by atomic mass is 10.1. The van der Waals surface area contributed by atoms with Crippen molar-refractivity contribution < 1.29 is 4.79 Å². The average Bonchev–Trinajstić information content (AvgIpc) is 3.06. The monoisotopic (exact) mass is 377 g/mol. The van der Waals surface area contributed by atoms with Gasteiger partial charge in [-0.25, -0.2) is 4.98 Å². The minimum atomic E-state index is -0.353. The molecule has 4 rings (SSSR count). The van der Waals surface area contributed by atoms with E-state index in [-0.39, 0.29) is 11.9 Å². The molecule has 1 unspecified atom stereocenters. The molecule has 28 heavy (non-hydrogen) atoms. The fraction of sp³-hybridized carbons (Fsp3) is 0.364. The van der Waals surface area contributed by atoms with E-state index in [1.165, 1.54) is 0 Å². The van der Waals surface area contributed by atoms with Crippen molar-refractivity contribution in [2.75, 3.05) is 36.4 Å². The first kappa shape index (κ1) is 18.5. The van der Waals surface area contributed by atoms with Gasteiger partial charge in [-0.15, -0.1) is 0 Å². The van der Waals surface area contributed by atoms with E-state index in [0.29, 0.717) is 0 Å². The lowest BCUT2D eigenvalue weighted by Gasteiger charge is -2.30. The van der Waals surface area contributed by atoms with E-state index in [4.69, 9.17) is 0 Å². The third kappa shape index (κ3) is 3.47. The quantitative estimate of drug-likeness (QED) is 0.733. The summed E-state index contributed by atoms with van der Waals surface area (Å²) in [7, 11) is 0. The first-order chi connectivity index (χ1) is 13.5. The van der Waals surface area contributed by atoms with E-state index in [9.17, 15) is 4.79 Å². The molecule has 3 aromatic rings. The van der Waals surface area contributed by atoms with Crippen LogP contribution in [0.5, 0.6) is 0 Å². The molecule has 0 aliphatic carbocycles. The first-order valence-corrected chi connectivity index (χ1v) is 9.84. The number of carbonyl (C=O) groups is 1. The summed E-state index contributed by atoms with van der Waals surface area (Å²) in [6.07, 6.45) is 3.77. The van der Waals surface area contributed by atoms with Gasteiger partial charge in [0.15, 0.2) is 0 Å². The van der Waals surface area contributed by atoms with Gasteiger partial charge in [0.05, 0.1) is 0 Å². The highest BCUT2D eigenvalue weighted by Crippen LogP contribution is 2.26. The maximum absolute atomic E-state index is 13.0. The Kier molecular flexibility index (Phi) is 5.05. The number of aryl methyl sites for hydroxylation is 2. The molecule has 0 bridgehead atoms. The number of hydrogen-bond donors (Lipinski definition) is 2. The van der Waals surface area contributed by atoms with Crippen LogP contribution in [0.15, 0.2) is 42.7 Å². The van der Waals surface area contributed by atoms with Crippen molar-refractivity contribution in [1.29, 1.82) is 0 Å². The molecule has 1 aliphatic rings. The summed E-state index contributed by atoms with van der Waals surface area (Å²) >= 11 is 0. The number of aromatic nitrogens is 2. The molecule has 1 saturated heterocycles. The third-order valence-electron chi connectivity index (χ3n) is 5.55. The Morgan fingerprint density at radius 2 is 1.96 bits per heavy atom. The van der Waals surface area contributed by atoms with Gasteiger partial charge in [-0.2, -0.15) is 0 Å². The van der Waals surface area contributed by atoms with E-state index >= 15 is 0 Å². The highest BCUT2D eigenvalue weighted by atomic mass is 16.2. The van der Waals surface area contributed by atoms with Gasteiger partial charge in [0.1, 0.15) is 11.7 Å². The molecule has 1 fully saturated rings. The SMILES string of the molecule is Cc1ccc(N2CCNCC2)cc1NC(=O)C(C)n1cc(C)c2cccnc21. The number of fused-ring (bicyclic) bond motifs is 1. The zero-order chi connectivity index (χ0) is 19.7. The number of anilines is 2. The second-order valence-corrected chi connectivity index (χ2v) is 7.50. The van der Waals surface area contributed by atoms with Gasteiger partial charge in [0, 0.05) is 55.3 Å². The Labute approximate surface area is 165 Å². The second-order valence-electron chi connectivity index (χ2n) is 7.50. The molecule has 6 heteroatoms. The van der Waals surface area contributed by atoms with Gasteiger partial charge >= 0.3 is 0 Å². The highest BCUT2D eigenvalue weighted by molar-refractivity contribution is 5.96. The summed E-state index contributed by atoms with van der Waals surface area (Å²) in [4.78, 5) is 19.8. The van der Waals surface area contributed by atoms with Crippen molar-refractivity contribution in [2.45, 2.75) is 26.8 Å². The number of benzene rings is 1. The third-order valence-corrected chi connectivity index (χ3v) is 5.55. The summed E-state index contributed by atoms with van der Waals surface area (Å²) in [6.45, 7) is 9.92. The normalized spacial score (nSPS) is 15.6. The van der Waals surface area contributed by atoms with Gasteiger partial charge in [-0.3, -0.25) is 4.79 Å². The van der Waals surface area contributed by atoms with Crippen molar-refractivity contribution in [3.63, 3.8) is 0 Å². The molecule has 6 nitrogen and oxygen atoms in total. The van der Waals surface area contributed by atoms with Crippen molar-refractivity contribution in [1.82, 2.24) is 14.9 Å². The molecule has 0 spiro atoms. The van der Waals surface area contributed by atoms with E-state index < -0.39 is 0 Å². The van der Waals surface area contributed by atoms with Crippen molar-refractivity contribution in [3.05, 3.63) is 53.9 Å². The van der Waals surface area contributed by atoms with Gasteiger partial charge in [0.2, 0.25) is 5.91 Å². The summed E-state index contributed by atoms with van der Waals surface area (Å²) in [6, 6.07) is 9.91. The van der Waals surface area contributed by atoms with Crippen LogP contribution in [0.1, 0.15) is 24.1 Å².